The first-order valence-electron chi connectivity index (χ1n) is 12.2. The normalized spacial score (nSPS) is 17.9. The van der Waals surface area contributed by atoms with Crippen molar-refractivity contribution < 1.29 is 14.3 Å². The molecule has 3 N–H and O–H groups in total. The Bertz CT molecular complexity index is 1490. The summed E-state index contributed by atoms with van der Waals surface area (Å²) in [5, 5.41) is 14.2. The number of rotatable bonds is 5. The molecule has 3 heterocycles. The van der Waals surface area contributed by atoms with Gasteiger partial charge in [-0.05, 0) is 60.2 Å². The van der Waals surface area contributed by atoms with Gasteiger partial charge in [0.05, 0.1) is 0 Å². The smallest absolute Gasteiger partial charge is 0.325 e. The van der Waals surface area contributed by atoms with E-state index in [0.717, 1.165) is 63.9 Å². The van der Waals surface area contributed by atoms with Crippen LogP contribution in [0.2, 0.25) is 0 Å². The van der Waals surface area contributed by atoms with E-state index in [1.807, 2.05) is 49.5 Å². The Kier molecular flexibility index (Phi) is 5.57. The summed E-state index contributed by atoms with van der Waals surface area (Å²) in [4.78, 5) is 22.2. The van der Waals surface area contributed by atoms with Crippen molar-refractivity contribution in [2.45, 2.75) is 37.9 Å². The second-order valence-electron chi connectivity index (χ2n) is 9.63. The molecule has 6 nitrogen and oxygen atoms in total. The van der Waals surface area contributed by atoms with Crippen LogP contribution < -0.4 is 10.2 Å². The zero-order chi connectivity index (χ0) is 24.8. The lowest BCUT2D eigenvalue weighted by Crippen LogP contribution is -2.37. The van der Waals surface area contributed by atoms with E-state index in [1.165, 1.54) is 11.6 Å². The summed E-state index contributed by atoms with van der Waals surface area (Å²) in [6.07, 6.45) is 6.37. The molecule has 0 fully saturated rings. The number of carboxylic acids is 1. The molecule has 2 aromatic heterocycles. The van der Waals surface area contributed by atoms with Crippen LogP contribution in [0.25, 0.3) is 27.7 Å². The molecule has 0 bridgehead atoms. The Labute approximate surface area is 208 Å². The summed E-state index contributed by atoms with van der Waals surface area (Å²) < 4.78 is 14.2. The molecule has 0 radical (unpaired) electrons. The lowest BCUT2D eigenvalue weighted by molar-refractivity contribution is -0.139. The third kappa shape index (κ3) is 3.85. The van der Waals surface area contributed by atoms with Gasteiger partial charge in [0.2, 0.25) is 0 Å². The SMILES string of the molecule is CN1Cc2c(C3=CCC(N[C@H](C(=O)O)c4ccccc4)CC3)[nH]c3nccc(c23)-c2cc(F)ccc21. The fourth-order valence-electron chi connectivity index (χ4n) is 5.62. The van der Waals surface area contributed by atoms with Gasteiger partial charge in [-0.15, -0.1) is 0 Å². The standard InChI is InChI=1S/C29H27FN4O2/c1-34-16-23-25-21(22-15-19(30)9-12-24(22)34)13-14-31-28(25)33-26(23)18-7-10-20(11-8-18)32-27(29(35)36)17-5-3-2-4-6-17/h2-7,9,12-15,20,27,32H,8,10-11,16H2,1H3,(H,31,33)(H,35,36)/t20?,27-/m0/s1. The van der Waals surface area contributed by atoms with Crippen LogP contribution in [0.4, 0.5) is 10.1 Å². The van der Waals surface area contributed by atoms with Gasteiger partial charge in [0.25, 0.3) is 0 Å². The largest absolute Gasteiger partial charge is 0.480 e. The van der Waals surface area contributed by atoms with Gasteiger partial charge in [-0.2, -0.15) is 0 Å². The zero-order valence-electron chi connectivity index (χ0n) is 20.0. The van der Waals surface area contributed by atoms with E-state index in [1.54, 1.807) is 12.3 Å². The maximum atomic E-state index is 14.2. The predicted molar refractivity (Wildman–Crippen MR) is 139 cm³/mol. The fraction of sp³-hybridized carbons (Fsp3) is 0.241. The molecular weight excluding hydrogens is 455 g/mol. The monoisotopic (exact) mass is 482 g/mol. The number of anilines is 1. The highest BCUT2D eigenvalue weighted by Gasteiger charge is 2.28. The number of allylic oxidation sites excluding steroid dienone is 1. The van der Waals surface area contributed by atoms with Crippen molar-refractivity contribution in [1.29, 1.82) is 0 Å². The van der Waals surface area contributed by atoms with E-state index in [9.17, 15) is 14.3 Å². The number of nitrogens with one attached hydrogen (secondary N) is 2. The minimum atomic E-state index is -0.870. The summed E-state index contributed by atoms with van der Waals surface area (Å²) >= 11 is 0. The second kappa shape index (κ2) is 8.91. The maximum absolute atomic E-state index is 14.2. The summed E-state index contributed by atoms with van der Waals surface area (Å²) in [7, 11) is 2.03. The average molecular weight is 483 g/mol. The van der Waals surface area contributed by atoms with Crippen LogP contribution in [0.5, 0.6) is 0 Å². The highest BCUT2D eigenvalue weighted by Crippen LogP contribution is 2.43. The van der Waals surface area contributed by atoms with Crippen molar-refractivity contribution in [3.05, 3.63) is 89.5 Å². The zero-order valence-corrected chi connectivity index (χ0v) is 20.0. The minimum absolute atomic E-state index is 0.0714. The van der Waals surface area contributed by atoms with Gasteiger partial charge in [0, 0.05) is 53.7 Å². The Morgan fingerprint density at radius 3 is 2.78 bits per heavy atom. The average Bonchev–Trinajstić information content (AvgIpc) is 3.20. The molecule has 2 atom stereocenters. The van der Waals surface area contributed by atoms with E-state index >= 15 is 0 Å². The molecule has 0 saturated heterocycles. The second-order valence-corrected chi connectivity index (χ2v) is 9.63. The first-order chi connectivity index (χ1) is 17.5. The molecule has 1 aliphatic carbocycles. The maximum Gasteiger partial charge on any atom is 0.325 e. The fourth-order valence-corrected chi connectivity index (χ4v) is 5.62. The number of hydrogen-bond donors (Lipinski definition) is 3. The molecule has 182 valence electrons. The number of H-pyrrole nitrogens is 1. The Morgan fingerprint density at radius 2 is 2.03 bits per heavy atom. The van der Waals surface area contributed by atoms with E-state index < -0.39 is 12.0 Å². The van der Waals surface area contributed by atoms with E-state index in [0.29, 0.717) is 6.54 Å². The topological polar surface area (TPSA) is 81.3 Å². The van der Waals surface area contributed by atoms with Crippen molar-refractivity contribution in [3.8, 4) is 11.1 Å². The number of aromatic amines is 1. The van der Waals surface area contributed by atoms with E-state index in [4.69, 9.17) is 0 Å². The van der Waals surface area contributed by atoms with Crippen LogP contribution in [0.1, 0.15) is 42.1 Å². The number of carboxylic acid groups (broad SMARTS) is 1. The summed E-state index contributed by atoms with van der Waals surface area (Å²) in [5.74, 6) is -1.13. The Hall–Kier alpha value is -3.97. The van der Waals surface area contributed by atoms with Gasteiger partial charge in [-0.25, -0.2) is 9.37 Å². The molecule has 7 heteroatoms. The molecule has 6 rings (SSSR count). The van der Waals surface area contributed by atoms with Crippen molar-refractivity contribution in [3.63, 3.8) is 0 Å². The number of pyridine rings is 1. The van der Waals surface area contributed by atoms with Crippen LogP contribution in [-0.4, -0.2) is 34.1 Å². The first-order valence-corrected chi connectivity index (χ1v) is 12.2. The lowest BCUT2D eigenvalue weighted by Gasteiger charge is -2.27. The molecule has 0 saturated carbocycles. The lowest BCUT2D eigenvalue weighted by atomic mass is 9.90. The number of fused-ring (bicyclic) bond motifs is 2. The van der Waals surface area contributed by atoms with Crippen LogP contribution in [0.15, 0.2) is 66.9 Å². The number of halogens is 1. The highest BCUT2D eigenvalue weighted by atomic mass is 19.1. The number of aromatic nitrogens is 2. The number of benzene rings is 2. The minimum Gasteiger partial charge on any atom is -0.480 e. The number of aliphatic carboxylic acids is 1. The van der Waals surface area contributed by atoms with Crippen LogP contribution >= 0.6 is 0 Å². The van der Waals surface area contributed by atoms with Gasteiger partial charge in [-0.1, -0.05) is 36.4 Å². The third-order valence-corrected chi connectivity index (χ3v) is 7.37. The van der Waals surface area contributed by atoms with E-state index in [-0.39, 0.29) is 11.9 Å². The van der Waals surface area contributed by atoms with Crippen LogP contribution in [-0.2, 0) is 11.3 Å². The molecule has 2 aromatic carbocycles. The summed E-state index contributed by atoms with van der Waals surface area (Å²) in [5.41, 5.74) is 7.86. The summed E-state index contributed by atoms with van der Waals surface area (Å²) in [6, 6.07) is 15.6. The number of carbonyl (C=O) groups is 1. The molecule has 36 heavy (non-hydrogen) atoms. The first kappa shape index (κ1) is 22.5. The molecule has 0 spiro atoms. The van der Waals surface area contributed by atoms with Gasteiger partial charge in [0.1, 0.15) is 17.5 Å². The van der Waals surface area contributed by atoms with Crippen molar-refractivity contribution in [2.75, 3.05) is 11.9 Å². The highest BCUT2D eigenvalue weighted by molar-refractivity contribution is 6.02. The third-order valence-electron chi connectivity index (χ3n) is 7.37. The molecule has 1 aliphatic heterocycles. The molecular formula is C29H27FN4O2. The van der Waals surface area contributed by atoms with Gasteiger partial charge >= 0.3 is 5.97 Å². The molecule has 1 unspecified atom stereocenters. The summed E-state index contributed by atoms with van der Waals surface area (Å²) in [6.45, 7) is 0.681. The molecule has 4 aromatic rings. The number of nitrogens with zero attached hydrogens (tertiary/aromatic N) is 2. The molecule has 0 amide bonds. The van der Waals surface area contributed by atoms with E-state index in [2.05, 4.69) is 26.3 Å². The van der Waals surface area contributed by atoms with Gasteiger partial charge in [-0.3, -0.25) is 10.1 Å². The quantitative estimate of drug-likeness (QED) is 0.342. The Morgan fingerprint density at radius 1 is 1.19 bits per heavy atom. The van der Waals surface area contributed by atoms with Crippen LogP contribution in [0.3, 0.4) is 0 Å². The van der Waals surface area contributed by atoms with Gasteiger partial charge in [0.15, 0.2) is 0 Å². The molecule has 2 aliphatic rings. The predicted octanol–water partition coefficient (Wildman–Crippen LogP) is 5.67. The van der Waals surface area contributed by atoms with Crippen molar-refractivity contribution in [1.82, 2.24) is 15.3 Å². The van der Waals surface area contributed by atoms with Gasteiger partial charge < -0.3 is 15.0 Å². The Balaban J connectivity index is 1.32. The van der Waals surface area contributed by atoms with Crippen molar-refractivity contribution >= 4 is 28.3 Å². The van der Waals surface area contributed by atoms with Crippen molar-refractivity contribution in [2.24, 2.45) is 0 Å². The number of hydrogen-bond acceptors (Lipinski definition) is 4. The van der Waals surface area contributed by atoms with Crippen LogP contribution in [0, 0.1) is 5.82 Å².